The van der Waals surface area contributed by atoms with Gasteiger partial charge in [0, 0.05) is 23.2 Å². The number of nitrogens with zero attached hydrogens (tertiary/aromatic N) is 5. The molecule has 0 spiro atoms. The topological polar surface area (TPSA) is 69.6 Å². The third-order valence-corrected chi connectivity index (χ3v) is 5.82. The average molecular weight is 426 g/mol. The van der Waals surface area contributed by atoms with E-state index in [1.807, 2.05) is 48.0 Å². The fraction of sp³-hybridized carbons (Fsp3) is 0.238. The van der Waals surface area contributed by atoms with E-state index < -0.39 is 0 Å². The van der Waals surface area contributed by atoms with Gasteiger partial charge in [0.1, 0.15) is 0 Å². The van der Waals surface area contributed by atoms with E-state index in [1.165, 1.54) is 17.3 Å². The van der Waals surface area contributed by atoms with Crippen molar-refractivity contribution in [3.05, 3.63) is 65.0 Å². The van der Waals surface area contributed by atoms with Gasteiger partial charge in [-0.1, -0.05) is 66.6 Å². The summed E-state index contributed by atoms with van der Waals surface area (Å²) in [6, 6.07) is 15.8. The number of hydrogen-bond acceptors (Lipinski definition) is 6. The van der Waals surface area contributed by atoms with Crippen molar-refractivity contribution in [3.8, 4) is 22.8 Å². The first-order valence-electron chi connectivity index (χ1n) is 9.22. The predicted octanol–water partition coefficient (Wildman–Crippen LogP) is 5.60. The Morgan fingerprint density at radius 1 is 1.00 bits per heavy atom. The number of halogens is 1. The first-order valence-corrected chi connectivity index (χ1v) is 10.6. The molecule has 0 aliphatic rings. The maximum Gasteiger partial charge on any atom is 0.237 e. The SMILES string of the molecule is CC(C)c1ccc(-c2noc(CSc3nnc(-c4ccc(Cl)cc4)n3C)n2)cc1. The van der Waals surface area contributed by atoms with E-state index in [2.05, 4.69) is 46.3 Å². The molecule has 0 saturated heterocycles. The number of benzene rings is 2. The van der Waals surface area contributed by atoms with Gasteiger partial charge < -0.3 is 9.09 Å². The molecule has 0 unspecified atom stereocenters. The molecule has 0 bridgehead atoms. The van der Waals surface area contributed by atoms with Gasteiger partial charge >= 0.3 is 0 Å². The van der Waals surface area contributed by atoms with Gasteiger partial charge in [-0.25, -0.2) is 0 Å². The minimum atomic E-state index is 0.491. The average Bonchev–Trinajstić information content (AvgIpc) is 3.34. The summed E-state index contributed by atoms with van der Waals surface area (Å²) in [4.78, 5) is 4.50. The summed E-state index contributed by atoms with van der Waals surface area (Å²) >= 11 is 7.46. The Bertz CT molecular complexity index is 1100. The van der Waals surface area contributed by atoms with Gasteiger partial charge in [0.2, 0.25) is 11.7 Å². The maximum absolute atomic E-state index is 5.96. The van der Waals surface area contributed by atoms with Crippen LogP contribution in [-0.2, 0) is 12.8 Å². The molecule has 0 aliphatic heterocycles. The Balaban J connectivity index is 1.44. The summed E-state index contributed by atoms with van der Waals surface area (Å²) in [6.07, 6.45) is 0. The summed E-state index contributed by atoms with van der Waals surface area (Å²) in [5, 5.41) is 14.1. The summed E-state index contributed by atoms with van der Waals surface area (Å²) in [5.41, 5.74) is 3.19. The number of thioether (sulfide) groups is 1. The molecule has 148 valence electrons. The molecule has 2 heterocycles. The normalized spacial score (nSPS) is 11.3. The minimum Gasteiger partial charge on any atom is -0.338 e. The van der Waals surface area contributed by atoms with E-state index in [4.69, 9.17) is 16.1 Å². The Hall–Kier alpha value is -2.64. The second-order valence-corrected chi connectivity index (χ2v) is 8.33. The second kappa shape index (κ2) is 8.39. The van der Waals surface area contributed by atoms with E-state index in [9.17, 15) is 0 Å². The molecule has 8 heteroatoms. The third kappa shape index (κ3) is 4.36. The van der Waals surface area contributed by atoms with Crippen molar-refractivity contribution < 1.29 is 4.52 Å². The second-order valence-electron chi connectivity index (χ2n) is 6.95. The first-order chi connectivity index (χ1) is 14.0. The highest BCUT2D eigenvalue weighted by atomic mass is 35.5. The standard InChI is InChI=1S/C21H20ClN5OS/c1-13(2)14-4-6-15(7-5-14)19-23-18(28-26-19)12-29-21-25-24-20(27(21)3)16-8-10-17(22)11-9-16/h4-11,13H,12H2,1-3H3. The Kier molecular flexibility index (Phi) is 5.69. The molecular formula is C21H20ClN5OS. The van der Waals surface area contributed by atoms with Crippen molar-refractivity contribution >= 4 is 23.4 Å². The van der Waals surface area contributed by atoms with Gasteiger partial charge in [-0.15, -0.1) is 10.2 Å². The number of hydrogen-bond donors (Lipinski definition) is 0. The van der Waals surface area contributed by atoms with Crippen LogP contribution < -0.4 is 0 Å². The van der Waals surface area contributed by atoms with Crippen molar-refractivity contribution in [2.45, 2.75) is 30.7 Å². The van der Waals surface area contributed by atoms with Gasteiger partial charge in [-0.3, -0.25) is 0 Å². The van der Waals surface area contributed by atoms with Crippen LogP contribution in [-0.4, -0.2) is 24.9 Å². The van der Waals surface area contributed by atoms with E-state index in [0.29, 0.717) is 28.4 Å². The predicted molar refractivity (Wildman–Crippen MR) is 115 cm³/mol. The highest BCUT2D eigenvalue weighted by Gasteiger charge is 2.14. The lowest BCUT2D eigenvalue weighted by Gasteiger charge is -2.04. The smallest absolute Gasteiger partial charge is 0.237 e. The van der Waals surface area contributed by atoms with Gasteiger partial charge in [-0.05, 0) is 35.7 Å². The Labute approximate surface area is 178 Å². The van der Waals surface area contributed by atoms with Crippen LogP contribution in [0.2, 0.25) is 5.02 Å². The van der Waals surface area contributed by atoms with E-state index >= 15 is 0 Å². The summed E-state index contributed by atoms with van der Waals surface area (Å²) in [5.74, 6) is 2.93. The molecule has 0 radical (unpaired) electrons. The zero-order valence-electron chi connectivity index (χ0n) is 16.3. The molecule has 0 N–H and O–H groups in total. The lowest BCUT2D eigenvalue weighted by molar-refractivity contribution is 0.391. The minimum absolute atomic E-state index is 0.491. The quantitative estimate of drug-likeness (QED) is 0.374. The molecule has 4 aromatic rings. The zero-order valence-corrected chi connectivity index (χ0v) is 17.9. The van der Waals surface area contributed by atoms with Gasteiger partial charge in [-0.2, -0.15) is 4.98 Å². The largest absolute Gasteiger partial charge is 0.338 e. The monoisotopic (exact) mass is 425 g/mol. The molecule has 2 aromatic carbocycles. The summed E-state index contributed by atoms with van der Waals surface area (Å²) in [6.45, 7) is 4.34. The molecule has 0 atom stereocenters. The molecule has 0 saturated carbocycles. The van der Waals surface area contributed by atoms with E-state index in [-0.39, 0.29) is 0 Å². The molecule has 6 nitrogen and oxygen atoms in total. The van der Waals surface area contributed by atoms with E-state index in [0.717, 1.165) is 22.1 Å². The Morgan fingerprint density at radius 2 is 1.69 bits per heavy atom. The molecule has 29 heavy (non-hydrogen) atoms. The van der Waals surface area contributed by atoms with Crippen LogP contribution >= 0.6 is 23.4 Å². The Morgan fingerprint density at radius 3 is 2.38 bits per heavy atom. The lowest BCUT2D eigenvalue weighted by Crippen LogP contribution is -1.95. The lowest BCUT2D eigenvalue weighted by atomic mass is 10.0. The summed E-state index contributed by atoms with van der Waals surface area (Å²) in [7, 11) is 1.93. The fourth-order valence-corrected chi connectivity index (χ4v) is 3.74. The van der Waals surface area contributed by atoms with Gasteiger partial charge in [0.25, 0.3) is 0 Å². The van der Waals surface area contributed by atoms with Crippen molar-refractivity contribution in [3.63, 3.8) is 0 Å². The van der Waals surface area contributed by atoms with Crippen LogP contribution in [0.5, 0.6) is 0 Å². The van der Waals surface area contributed by atoms with Crippen LogP contribution in [0.1, 0.15) is 31.2 Å². The van der Waals surface area contributed by atoms with Crippen molar-refractivity contribution in [1.29, 1.82) is 0 Å². The van der Waals surface area contributed by atoms with Crippen LogP contribution in [0.25, 0.3) is 22.8 Å². The molecule has 2 aromatic heterocycles. The summed E-state index contributed by atoms with van der Waals surface area (Å²) < 4.78 is 7.35. The fourth-order valence-electron chi connectivity index (χ4n) is 2.87. The molecule has 0 fully saturated rings. The third-order valence-electron chi connectivity index (χ3n) is 4.57. The van der Waals surface area contributed by atoms with Crippen molar-refractivity contribution in [2.24, 2.45) is 7.05 Å². The van der Waals surface area contributed by atoms with Crippen LogP contribution in [0.3, 0.4) is 0 Å². The highest BCUT2D eigenvalue weighted by Crippen LogP contribution is 2.27. The maximum atomic E-state index is 5.96. The number of aromatic nitrogens is 5. The highest BCUT2D eigenvalue weighted by molar-refractivity contribution is 7.98. The molecule has 4 rings (SSSR count). The first kappa shape index (κ1) is 19.7. The van der Waals surface area contributed by atoms with E-state index in [1.54, 1.807) is 0 Å². The molecule has 0 amide bonds. The zero-order chi connectivity index (χ0) is 20.4. The van der Waals surface area contributed by atoms with Crippen LogP contribution in [0.15, 0.2) is 58.2 Å². The van der Waals surface area contributed by atoms with Crippen molar-refractivity contribution in [1.82, 2.24) is 24.9 Å². The number of rotatable bonds is 6. The van der Waals surface area contributed by atoms with Crippen LogP contribution in [0, 0.1) is 0 Å². The van der Waals surface area contributed by atoms with Crippen molar-refractivity contribution in [2.75, 3.05) is 0 Å². The molecular weight excluding hydrogens is 406 g/mol. The molecule has 0 aliphatic carbocycles. The van der Waals surface area contributed by atoms with Crippen LogP contribution in [0.4, 0.5) is 0 Å². The van der Waals surface area contributed by atoms with Gasteiger partial charge in [0.15, 0.2) is 11.0 Å². The van der Waals surface area contributed by atoms with Gasteiger partial charge in [0.05, 0.1) is 5.75 Å².